The number of rotatable bonds is 7. The molecule has 0 aliphatic carbocycles. The van der Waals surface area contributed by atoms with Crippen molar-refractivity contribution in [3.63, 3.8) is 0 Å². The van der Waals surface area contributed by atoms with Crippen LogP contribution in [0.15, 0.2) is 23.7 Å². The molecule has 2 N–H and O–H groups in total. The number of anilines is 2. The van der Waals surface area contributed by atoms with Crippen LogP contribution >= 0.6 is 22.9 Å². The summed E-state index contributed by atoms with van der Waals surface area (Å²) in [6, 6.07) is 4.19. The summed E-state index contributed by atoms with van der Waals surface area (Å²) in [6.45, 7) is 3.77. The quantitative estimate of drug-likeness (QED) is 0.818. The molecule has 2 rings (SSSR count). The third-order valence-corrected chi connectivity index (χ3v) is 3.73. The van der Waals surface area contributed by atoms with E-state index in [2.05, 4.69) is 45.0 Å². The van der Waals surface area contributed by atoms with E-state index in [1.54, 1.807) is 17.5 Å². The first-order valence-electron chi connectivity index (χ1n) is 6.32. The largest absolute Gasteiger partial charge is 0.368 e. The number of thiophene rings is 1. The summed E-state index contributed by atoms with van der Waals surface area (Å²) >= 11 is 7.84. The van der Waals surface area contributed by atoms with E-state index in [1.807, 2.05) is 0 Å². The van der Waals surface area contributed by atoms with Gasteiger partial charge in [0.1, 0.15) is 10.8 Å². The second-order valence-electron chi connectivity index (χ2n) is 4.07. The molecule has 0 aliphatic rings. The fourth-order valence-electron chi connectivity index (χ4n) is 1.57. The lowest BCUT2D eigenvalue weighted by Crippen LogP contribution is -2.09. The van der Waals surface area contributed by atoms with Gasteiger partial charge in [0.25, 0.3) is 0 Å². The lowest BCUT2D eigenvalue weighted by atomic mass is 10.3. The molecule has 0 saturated heterocycles. The molecular weight excluding hydrogens is 280 g/mol. The standard InChI is InChI=1S/C13H17ClN4S/c1-2-6-16-13-17-9-11(14)12(18-13)15-7-5-10-4-3-8-19-10/h3-4,8-9H,2,5-7H2,1H3,(H2,15,16,17,18). The minimum absolute atomic E-state index is 0.549. The van der Waals surface area contributed by atoms with Crippen LogP contribution in [0.1, 0.15) is 18.2 Å². The highest BCUT2D eigenvalue weighted by Crippen LogP contribution is 2.19. The van der Waals surface area contributed by atoms with E-state index >= 15 is 0 Å². The third kappa shape index (κ3) is 4.36. The zero-order valence-electron chi connectivity index (χ0n) is 10.8. The van der Waals surface area contributed by atoms with Crippen molar-refractivity contribution in [3.05, 3.63) is 33.6 Å². The number of halogens is 1. The lowest BCUT2D eigenvalue weighted by molar-refractivity contribution is 0.948. The number of aromatic nitrogens is 2. The van der Waals surface area contributed by atoms with Gasteiger partial charge in [-0.1, -0.05) is 24.6 Å². The van der Waals surface area contributed by atoms with Crippen molar-refractivity contribution in [2.24, 2.45) is 0 Å². The molecule has 0 unspecified atom stereocenters. The van der Waals surface area contributed by atoms with Crippen LogP contribution in [-0.4, -0.2) is 23.1 Å². The first-order chi connectivity index (χ1) is 9.29. The molecule has 0 radical (unpaired) electrons. The van der Waals surface area contributed by atoms with Gasteiger partial charge in [0.05, 0.1) is 6.20 Å². The molecule has 0 bridgehead atoms. The van der Waals surface area contributed by atoms with E-state index in [0.717, 1.165) is 25.9 Å². The number of nitrogens with zero attached hydrogens (tertiary/aromatic N) is 2. The van der Waals surface area contributed by atoms with Crippen molar-refractivity contribution in [3.8, 4) is 0 Å². The maximum Gasteiger partial charge on any atom is 0.224 e. The maximum absolute atomic E-state index is 6.08. The van der Waals surface area contributed by atoms with E-state index < -0.39 is 0 Å². The van der Waals surface area contributed by atoms with Gasteiger partial charge in [0, 0.05) is 18.0 Å². The van der Waals surface area contributed by atoms with Crippen LogP contribution in [0.5, 0.6) is 0 Å². The minimum atomic E-state index is 0.549. The highest BCUT2D eigenvalue weighted by Gasteiger charge is 2.04. The number of hydrogen-bond acceptors (Lipinski definition) is 5. The van der Waals surface area contributed by atoms with Crippen molar-refractivity contribution in [1.29, 1.82) is 0 Å². The van der Waals surface area contributed by atoms with Crippen LogP contribution in [0.4, 0.5) is 11.8 Å². The van der Waals surface area contributed by atoms with Crippen molar-refractivity contribution in [1.82, 2.24) is 9.97 Å². The Hall–Kier alpha value is -1.33. The van der Waals surface area contributed by atoms with Crippen molar-refractivity contribution in [2.75, 3.05) is 23.7 Å². The molecule has 2 heterocycles. The first-order valence-corrected chi connectivity index (χ1v) is 7.58. The topological polar surface area (TPSA) is 49.8 Å². The smallest absolute Gasteiger partial charge is 0.224 e. The van der Waals surface area contributed by atoms with Gasteiger partial charge in [-0.05, 0) is 24.3 Å². The molecule has 19 heavy (non-hydrogen) atoms. The van der Waals surface area contributed by atoms with Gasteiger partial charge in [-0.15, -0.1) is 11.3 Å². The van der Waals surface area contributed by atoms with Crippen LogP contribution in [0.2, 0.25) is 5.02 Å². The van der Waals surface area contributed by atoms with Gasteiger partial charge < -0.3 is 10.6 Å². The summed E-state index contributed by atoms with van der Waals surface area (Å²) in [4.78, 5) is 9.86. The maximum atomic E-state index is 6.08. The zero-order valence-corrected chi connectivity index (χ0v) is 12.4. The Morgan fingerprint density at radius 2 is 2.21 bits per heavy atom. The van der Waals surface area contributed by atoms with Crippen LogP contribution < -0.4 is 10.6 Å². The molecule has 0 spiro atoms. The minimum Gasteiger partial charge on any atom is -0.368 e. The molecule has 0 atom stereocenters. The molecule has 0 aromatic carbocycles. The Morgan fingerprint density at radius 3 is 2.95 bits per heavy atom. The average molecular weight is 297 g/mol. The normalized spacial score (nSPS) is 10.4. The monoisotopic (exact) mass is 296 g/mol. The Balaban J connectivity index is 1.90. The van der Waals surface area contributed by atoms with Crippen LogP contribution in [0.25, 0.3) is 0 Å². The first kappa shape index (κ1) is 14.1. The number of hydrogen-bond donors (Lipinski definition) is 2. The van der Waals surface area contributed by atoms with Crippen LogP contribution in [-0.2, 0) is 6.42 Å². The van der Waals surface area contributed by atoms with E-state index in [9.17, 15) is 0 Å². The fraction of sp³-hybridized carbons (Fsp3) is 0.385. The second kappa shape index (κ2) is 7.31. The van der Waals surface area contributed by atoms with Crippen LogP contribution in [0, 0.1) is 0 Å². The Kier molecular flexibility index (Phi) is 5.42. The molecule has 4 nitrogen and oxygen atoms in total. The van der Waals surface area contributed by atoms with Gasteiger partial charge >= 0.3 is 0 Å². The molecule has 0 amide bonds. The molecule has 2 aromatic rings. The van der Waals surface area contributed by atoms with Crippen molar-refractivity contribution in [2.45, 2.75) is 19.8 Å². The average Bonchev–Trinajstić information content (AvgIpc) is 2.92. The molecule has 0 aliphatic heterocycles. The third-order valence-electron chi connectivity index (χ3n) is 2.52. The predicted octanol–water partition coefficient (Wildman–Crippen LogP) is 3.67. The lowest BCUT2D eigenvalue weighted by Gasteiger charge is -2.09. The van der Waals surface area contributed by atoms with E-state index in [0.29, 0.717) is 16.8 Å². The Labute approximate surface area is 122 Å². The van der Waals surface area contributed by atoms with E-state index in [1.165, 1.54) is 4.88 Å². The van der Waals surface area contributed by atoms with Gasteiger partial charge in [-0.3, -0.25) is 0 Å². The van der Waals surface area contributed by atoms with E-state index in [-0.39, 0.29) is 0 Å². The van der Waals surface area contributed by atoms with Crippen molar-refractivity contribution < 1.29 is 0 Å². The highest BCUT2D eigenvalue weighted by molar-refractivity contribution is 7.09. The fourth-order valence-corrected chi connectivity index (χ4v) is 2.44. The van der Waals surface area contributed by atoms with Gasteiger partial charge in [0.2, 0.25) is 5.95 Å². The molecule has 0 saturated carbocycles. The SMILES string of the molecule is CCCNc1ncc(Cl)c(NCCc2cccs2)n1. The second-order valence-corrected chi connectivity index (χ2v) is 5.51. The zero-order chi connectivity index (χ0) is 13.5. The number of nitrogens with one attached hydrogen (secondary N) is 2. The Morgan fingerprint density at radius 1 is 1.32 bits per heavy atom. The molecular formula is C13H17ClN4S. The summed E-state index contributed by atoms with van der Waals surface area (Å²) in [5.41, 5.74) is 0. The molecule has 0 fully saturated rings. The molecule has 102 valence electrons. The molecule has 2 aromatic heterocycles. The summed E-state index contributed by atoms with van der Waals surface area (Å²) in [7, 11) is 0. The summed E-state index contributed by atoms with van der Waals surface area (Å²) in [5, 5.41) is 9.03. The highest BCUT2D eigenvalue weighted by atomic mass is 35.5. The van der Waals surface area contributed by atoms with Gasteiger partial charge in [0.15, 0.2) is 0 Å². The van der Waals surface area contributed by atoms with Crippen molar-refractivity contribution >= 4 is 34.7 Å². The summed E-state index contributed by atoms with van der Waals surface area (Å²) < 4.78 is 0. The van der Waals surface area contributed by atoms with Gasteiger partial charge in [-0.25, -0.2) is 4.98 Å². The Bertz CT molecular complexity index is 501. The molecule has 6 heteroatoms. The summed E-state index contributed by atoms with van der Waals surface area (Å²) in [6.07, 6.45) is 3.63. The predicted molar refractivity (Wildman–Crippen MR) is 82.3 cm³/mol. The summed E-state index contributed by atoms with van der Waals surface area (Å²) in [5.74, 6) is 1.30. The van der Waals surface area contributed by atoms with Gasteiger partial charge in [-0.2, -0.15) is 4.98 Å². The van der Waals surface area contributed by atoms with Crippen LogP contribution in [0.3, 0.4) is 0 Å². The van der Waals surface area contributed by atoms with E-state index in [4.69, 9.17) is 11.6 Å².